The van der Waals surface area contributed by atoms with Gasteiger partial charge in [0.05, 0.1) is 12.6 Å². The van der Waals surface area contributed by atoms with Gasteiger partial charge in [0.25, 0.3) is 0 Å². The summed E-state index contributed by atoms with van der Waals surface area (Å²) in [7, 11) is 0. The summed E-state index contributed by atoms with van der Waals surface area (Å²) in [5.74, 6) is 0.121. The van der Waals surface area contributed by atoms with Crippen LogP contribution in [0.5, 0.6) is 0 Å². The van der Waals surface area contributed by atoms with E-state index in [4.69, 9.17) is 4.74 Å². The van der Waals surface area contributed by atoms with Crippen molar-refractivity contribution in [2.75, 3.05) is 19.7 Å². The molecule has 1 saturated heterocycles. The van der Waals surface area contributed by atoms with Crippen LogP contribution in [-0.2, 0) is 4.74 Å². The standard InChI is InChI=1S/C20H28FN3O3/c1-2-27-20(26)24-12-10-17(11-13-24)22-19(25)23-18(14-4-3-5-14)15-6-8-16(21)9-7-15/h6-9,14,17-18H,2-5,10-13H2,1H3,(H2,22,23,25). The van der Waals surface area contributed by atoms with Crippen LogP contribution in [-0.4, -0.2) is 42.8 Å². The number of nitrogens with one attached hydrogen (secondary N) is 2. The maximum Gasteiger partial charge on any atom is 0.409 e. The van der Waals surface area contributed by atoms with E-state index in [2.05, 4.69) is 10.6 Å². The number of hydrogen-bond donors (Lipinski definition) is 2. The fourth-order valence-electron chi connectivity index (χ4n) is 3.71. The van der Waals surface area contributed by atoms with Gasteiger partial charge in [-0.3, -0.25) is 0 Å². The lowest BCUT2D eigenvalue weighted by atomic mass is 9.77. The van der Waals surface area contributed by atoms with Crippen molar-refractivity contribution in [3.63, 3.8) is 0 Å². The number of carbonyl (C=O) groups excluding carboxylic acids is 2. The van der Waals surface area contributed by atoms with Gasteiger partial charge in [0.2, 0.25) is 0 Å². The molecule has 1 aliphatic carbocycles. The molecule has 1 unspecified atom stereocenters. The molecule has 2 aliphatic rings. The fraction of sp³-hybridized carbons (Fsp3) is 0.600. The van der Waals surface area contributed by atoms with Crippen molar-refractivity contribution in [3.8, 4) is 0 Å². The van der Waals surface area contributed by atoms with E-state index in [0.29, 0.717) is 38.5 Å². The van der Waals surface area contributed by atoms with Crippen molar-refractivity contribution in [1.29, 1.82) is 0 Å². The summed E-state index contributed by atoms with van der Waals surface area (Å²) >= 11 is 0. The van der Waals surface area contributed by atoms with Gasteiger partial charge >= 0.3 is 12.1 Å². The molecular weight excluding hydrogens is 349 g/mol. The Morgan fingerprint density at radius 1 is 1.19 bits per heavy atom. The normalized spacial score (nSPS) is 19.1. The molecule has 2 fully saturated rings. The van der Waals surface area contributed by atoms with Crippen molar-refractivity contribution in [3.05, 3.63) is 35.6 Å². The molecule has 3 amide bonds. The number of likely N-dealkylation sites (tertiary alicyclic amines) is 1. The minimum absolute atomic E-state index is 0.0333. The van der Waals surface area contributed by atoms with Gasteiger partial charge in [-0.1, -0.05) is 18.6 Å². The molecule has 1 aliphatic heterocycles. The molecule has 2 N–H and O–H groups in total. The van der Waals surface area contributed by atoms with Crippen molar-refractivity contribution in [2.45, 2.75) is 51.1 Å². The number of rotatable bonds is 5. The minimum atomic E-state index is -0.290. The molecule has 3 rings (SSSR count). The third-order valence-corrected chi connectivity index (χ3v) is 5.49. The zero-order chi connectivity index (χ0) is 19.2. The predicted octanol–water partition coefficient (Wildman–Crippen LogP) is 3.59. The second kappa shape index (κ2) is 9.06. The van der Waals surface area contributed by atoms with Gasteiger partial charge in [-0.2, -0.15) is 0 Å². The van der Waals surface area contributed by atoms with Crippen LogP contribution in [0.2, 0.25) is 0 Å². The Morgan fingerprint density at radius 3 is 2.41 bits per heavy atom. The topological polar surface area (TPSA) is 70.7 Å². The molecule has 1 heterocycles. The van der Waals surface area contributed by atoms with Gasteiger partial charge in [0, 0.05) is 19.1 Å². The quantitative estimate of drug-likeness (QED) is 0.824. The largest absolute Gasteiger partial charge is 0.450 e. The molecule has 1 saturated carbocycles. The summed E-state index contributed by atoms with van der Waals surface area (Å²) in [6.45, 7) is 3.31. The first-order valence-corrected chi connectivity index (χ1v) is 9.81. The van der Waals surface area contributed by atoms with Crippen molar-refractivity contribution in [1.82, 2.24) is 15.5 Å². The third kappa shape index (κ3) is 5.11. The number of halogens is 1. The van der Waals surface area contributed by atoms with E-state index in [-0.39, 0.29) is 30.0 Å². The summed E-state index contributed by atoms with van der Waals surface area (Å²) in [6.07, 6.45) is 4.42. The second-order valence-electron chi connectivity index (χ2n) is 7.30. The van der Waals surface area contributed by atoms with Gasteiger partial charge in [-0.25, -0.2) is 14.0 Å². The van der Waals surface area contributed by atoms with Crippen LogP contribution in [0.3, 0.4) is 0 Å². The molecule has 27 heavy (non-hydrogen) atoms. The fourth-order valence-corrected chi connectivity index (χ4v) is 3.71. The SMILES string of the molecule is CCOC(=O)N1CCC(NC(=O)NC(c2ccc(F)cc2)C2CCC2)CC1. The molecule has 0 spiro atoms. The highest BCUT2D eigenvalue weighted by Gasteiger charge is 2.31. The van der Waals surface area contributed by atoms with E-state index >= 15 is 0 Å². The lowest BCUT2D eigenvalue weighted by Gasteiger charge is -2.36. The third-order valence-electron chi connectivity index (χ3n) is 5.49. The van der Waals surface area contributed by atoms with E-state index in [1.54, 1.807) is 24.0 Å². The molecule has 1 aromatic rings. The summed E-state index contributed by atoms with van der Waals surface area (Å²) in [5, 5.41) is 6.10. The Bertz CT molecular complexity index is 640. The van der Waals surface area contributed by atoms with Crippen LogP contribution in [0, 0.1) is 11.7 Å². The van der Waals surface area contributed by atoms with Crippen LogP contribution >= 0.6 is 0 Å². The highest BCUT2D eigenvalue weighted by atomic mass is 19.1. The highest BCUT2D eigenvalue weighted by Crippen LogP contribution is 2.37. The molecule has 1 atom stereocenters. The molecule has 0 radical (unpaired) electrons. The van der Waals surface area contributed by atoms with E-state index in [1.165, 1.54) is 12.1 Å². The molecular formula is C20H28FN3O3. The van der Waals surface area contributed by atoms with Crippen molar-refractivity contribution in [2.24, 2.45) is 5.92 Å². The number of carbonyl (C=O) groups is 2. The zero-order valence-corrected chi connectivity index (χ0v) is 15.7. The number of amides is 3. The number of nitrogens with zero attached hydrogens (tertiary/aromatic N) is 1. The average molecular weight is 377 g/mol. The van der Waals surface area contributed by atoms with Crippen LogP contribution < -0.4 is 10.6 Å². The lowest BCUT2D eigenvalue weighted by Crippen LogP contribution is -2.50. The number of benzene rings is 1. The Hall–Kier alpha value is -2.31. The zero-order valence-electron chi connectivity index (χ0n) is 15.7. The van der Waals surface area contributed by atoms with Crippen molar-refractivity contribution < 1.29 is 18.7 Å². The summed E-state index contributed by atoms with van der Waals surface area (Å²) in [6, 6.07) is 6.10. The monoisotopic (exact) mass is 377 g/mol. The first kappa shape index (κ1) is 19.5. The van der Waals surface area contributed by atoms with Crippen LogP contribution in [0.25, 0.3) is 0 Å². The van der Waals surface area contributed by atoms with Gasteiger partial charge in [0.15, 0.2) is 0 Å². The summed E-state index contributed by atoms with van der Waals surface area (Å²) < 4.78 is 18.2. The van der Waals surface area contributed by atoms with Gasteiger partial charge in [0.1, 0.15) is 5.82 Å². The summed E-state index contributed by atoms with van der Waals surface area (Å²) in [4.78, 5) is 25.9. The maximum absolute atomic E-state index is 13.2. The minimum Gasteiger partial charge on any atom is -0.450 e. The van der Waals surface area contributed by atoms with E-state index in [0.717, 1.165) is 24.8 Å². The van der Waals surface area contributed by atoms with E-state index in [1.807, 2.05) is 0 Å². The number of piperidine rings is 1. The highest BCUT2D eigenvalue weighted by molar-refractivity contribution is 5.75. The average Bonchev–Trinajstić information content (AvgIpc) is 2.61. The first-order chi connectivity index (χ1) is 13.1. The summed E-state index contributed by atoms with van der Waals surface area (Å²) in [5.41, 5.74) is 0.938. The van der Waals surface area contributed by atoms with Gasteiger partial charge in [-0.05, 0) is 56.2 Å². The van der Waals surface area contributed by atoms with Gasteiger partial charge in [-0.15, -0.1) is 0 Å². The molecule has 148 valence electrons. The second-order valence-corrected chi connectivity index (χ2v) is 7.30. The first-order valence-electron chi connectivity index (χ1n) is 9.81. The van der Waals surface area contributed by atoms with Gasteiger partial charge < -0.3 is 20.3 Å². The smallest absolute Gasteiger partial charge is 0.409 e. The Balaban J connectivity index is 1.51. The number of hydrogen-bond acceptors (Lipinski definition) is 3. The Kier molecular flexibility index (Phi) is 6.53. The van der Waals surface area contributed by atoms with Crippen molar-refractivity contribution >= 4 is 12.1 Å². The molecule has 0 bridgehead atoms. The Labute approximate surface area is 159 Å². The van der Waals surface area contributed by atoms with E-state index < -0.39 is 0 Å². The molecule has 1 aromatic carbocycles. The molecule has 0 aromatic heterocycles. The lowest BCUT2D eigenvalue weighted by molar-refractivity contribution is 0.0956. The molecule has 6 nitrogen and oxygen atoms in total. The number of ether oxygens (including phenoxy) is 1. The Morgan fingerprint density at radius 2 is 1.85 bits per heavy atom. The maximum atomic E-state index is 13.2. The van der Waals surface area contributed by atoms with Crippen LogP contribution in [0.15, 0.2) is 24.3 Å². The number of urea groups is 1. The van der Waals surface area contributed by atoms with E-state index in [9.17, 15) is 14.0 Å². The molecule has 7 heteroatoms. The predicted molar refractivity (Wildman–Crippen MR) is 99.8 cm³/mol. The van der Waals surface area contributed by atoms with Crippen LogP contribution in [0.1, 0.15) is 50.6 Å². The van der Waals surface area contributed by atoms with Crippen LogP contribution in [0.4, 0.5) is 14.0 Å².